The van der Waals surface area contributed by atoms with Gasteiger partial charge in [0.2, 0.25) is 5.91 Å². The van der Waals surface area contributed by atoms with Gasteiger partial charge in [0, 0.05) is 30.2 Å². The molecule has 1 heterocycles. The molecule has 2 aromatic rings. The Morgan fingerprint density at radius 2 is 2.20 bits per heavy atom. The summed E-state index contributed by atoms with van der Waals surface area (Å²) in [4.78, 5) is 17.8. The Labute approximate surface area is 121 Å². The number of amides is 1. The quantitative estimate of drug-likeness (QED) is 0.816. The van der Waals surface area contributed by atoms with Crippen LogP contribution in [0.3, 0.4) is 0 Å². The summed E-state index contributed by atoms with van der Waals surface area (Å²) in [5.41, 5.74) is 8.21. The first-order valence-corrected chi connectivity index (χ1v) is 7.14. The molecule has 0 spiro atoms. The normalized spacial score (nSPS) is 10.5. The number of hydrogen-bond acceptors (Lipinski definition) is 5. The Kier molecular flexibility index (Phi) is 4.70. The maximum atomic E-state index is 11.9. The van der Waals surface area contributed by atoms with Crippen molar-refractivity contribution in [3.05, 3.63) is 35.3 Å². The van der Waals surface area contributed by atoms with Gasteiger partial charge in [0.15, 0.2) is 0 Å². The van der Waals surface area contributed by atoms with Crippen molar-refractivity contribution in [2.45, 2.75) is 6.42 Å². The molecule has 1 aromatic heterocycles. The summed E-state index contributed by atoms with van der Waals surface area (Å²) in [6, 6.07) is 7.53. The van der Waals surface area contributed by atoms with Crippen LogP contribution >= 0.6 is 11.3 Å². The number of aromatic nitrogens is 1. The summed E-state index contributed by atoms with van der Waals surface area (Å²) in [5.74, 6) is -0.0584. The van der Waals surface area contributed by atoms with Gasteiger partial charge in [-0.3, -0.25) is 4.79 Å². The van der Waals surface area contributed by atoms with E-state index in [1.807, 2.05) is 29.6 Å². The minimum absolute atomic E-state index is 0.0366. The van der Waals surface area contributed by atoms with Crippen molar-refractivity contribution in [1.82, 2.24) is 9.88 Å². The van der Waals surface area contributed by atoms with Crippen molar-refractivity contribution in [3.63, 3.8) is 0 Å². The lowest BCUT2D eigenvalue weighted by molar-refractivity contribution is -0.129. The molecule has 0 atom stereocenters. The number of anilines is 1. The molecule has 0 aliphatic heterocycles. The van der Waals surface area contributed by atoms with E-state index in [2.05, 4.69) is 4.98 Å². The first kappa shape index (κ1) is 14.5. The van der Waals surface area contributed by atoms with Crippen LogP contribution in [0.5, 0.6) is 0 Å². The number of carbonyl (C=O) groups excluding carboxylic acids is 1. The molecule has 0 aliphatic rings. The molecule has 0 radical (unpaired) electrons. The molecule has 0 saturated heterocycles. The van der Waals surface area contributed by atoms with Crippen LogP contribution in [-0.4, -0.2) is 41.1 Å². The molecular weight excluding hydrogens is 274 g/mol. The van der Waals surface area contributed by atoms with Crippen molar-refractivity contribution < 1.29 is 9.90 Å². The van der Waals surface area contributed by atoms with Gasteiger partial charge in [-0.15, -0.1) is 11.3 Å². The predicted octanol–water partition coefficient (Wildman–Crippen LogP) is 1.39. The smallest absolute Gasteiger partial charge is 0.228 e. The van der Waals surface area contributed by atoms with Crippen molar-refractivity contribution in [1.29, 1.82) is 0 Å². The lowest BCUT2D eigenvalue weighted by Gasteiger charge is -2.14. The number of benzene rings is 1. The number of para-hydroxylation sites is 1. The summed E-state index contributed by atoms with van der Waals surface area (Å²) in [6.07, 6.45) is 0.236. The summed E-state index contributed by atoms with van der Waals surface area (Å²) >= 11 is 1.47. The number of nitrogen functional groups attached to an aromatic ring is 1. The highest BCUT2D eigenvalue weighted by Crippen LogP contribution is 2.28. The van der Waals surface area contributed by atoms with E-state index in [-0.39, 0.29) is 18.9 Å². The third-order valence-electron chi connectivity index (χ3n) is 2.94. The number of thiazole rings is 1. The average Bonchev–Trinajstić information content (AvgIpc) is 2.87. The second-order valence-electron chi connectivity index (χ2n) is 4.45. The van der Waals surface area contributed by atoms with Crippen LogP contribution in [0.1, 0.15) is 5.69 Å². The van der Waals surface area contributed by atoms with E-state index in [4.69, 9.17) is 10.8 Å². The monoisotopic (exact) mass is 291 g/mol. The van der Waals surface area contributed by atoms with Gasteiger partial charge in [-0.25, -0.2) is 4.98 Å². The molecule has 1 amide bonds. The highest BCUT2D eigenvalue weighted by Gasteiger charge is 2.13. The molecule has 2 rings (SSSR count). The molecule has 0 bridgehead atoms. The lowest BCUT2D eigenvalue weighted by atomic mass is 10.2. The van der Waals surface area contributed by atoms with Gasteiger partial charge in [0.05, 0.1) is 18.7 Å². The van der Waals surface area contributed by atoms with E-state index >= 15 is 0 Å². The van der Waals surface area contributed by atoms with Gasteiger partial charge in [0.1, 0.15) is 5.01 Å². The molecule has 0 aliphatic carbocycles. The fraction of sp³-hybridized carbons (Fsp3) is 0.286. The predicted molar refractivity (Wildman–Crippen MR) is 80.4 cm³/mol. The lowest BCUT2D eigenvalue weighted by Crippen LogP contribution is -2.30. The standard InChI is InChI=1S/C14H17N3O2S/c1-17(6-7-18)13(19)8-10-9-20-14(16-10)11-4-2-3-5-12(11)15/h2-5,9,18H,6-8,15H2,1H3. The molecule has 0 saturated carbocycles. The number of likely N-dealkylation sites (N-methyl/N-ethyl adjacent to an activating group) is 1. The third kappa shape index (κ3) is 3.34. The van der Waals surface area contributed by atoms with Gasteiger partial charge in [0.25, 0.3) is 0 Å². The Hall–Kier alpha value is -1.92. The fourth-order valence-corrected chi connectivity index (χ4v) is 2.63. The molecule has 20 heavy (non-hydrogen) atoms. The summed E-state index contributed by atoms with van der Waals surface area (Å²) in [6.45, 7) is 0.298. The number of rotatable bonds is 5. The van der Waals surface area contributed by atoms with E-state index in [9.17, 15) is 4.79 Å². The Morgan fingerprint density at radius 1 is 1.45 bits per heavy atom. The summed E-state index contributed by atoms with van der Waals surface area (Å²) in [7, 11) is 1.67. The largest absolute Gasteiger partial charge is 0.398 e. The van der Waals surface area contributed by atoms with Crippen molar-refractivity contribution in [2.24, 2.45) is 0 Å². The minimum atomic E-state index is -0.0584. The summed E-state index contributed by atoms with van der Waals surface area (Å²) < 4.78 is 0. The molecular formula is C14H17N3O2S. The fourth-order valence-electron chi connectivity index (χ4n) is 1.77. The van der Waals surface area contributed by atoms with Crippen LogP contribution in [0.25, 0.3) is 10.6 Å². The first-order chi connectivity index (χ1) is 9.61. The van der Waals surface area contributed by atoms with Crippen LogP contribution in [-0.2, 0) is 11.2 Å². The Bertz CT molecular complexity index is 598. The van der Waals surface area contributed by atoms with Crippen molar-refractivity contribution in [3.8, 4) is 10.6 Å². The van der Waals surface area contributed by atoms with Gasteiger partial charge in [-0.05, 0) is 12.1 Å². The van der Waals surface area contributed by atoms with Gasteiger partial charge in [-0.1, -0.05) is 12.1 Å². The number of aliphatic hydroxyl groups is 1. The van der Waals surface area contributed by atoms with Crippen LogP contribution in [0.2, 0.25) is 0 Å². The second-order valence-corrected chi connectivity index (χ2v) is 5.31. The Morgan fingerprint density at radius 3 is 2.90 bits per heavy atom. The highest BCUT2D eigenvalue weighted by molar-refractivity contribution is 7.13. The number of nitrogens with zero attached hydrogens (tertiary/aromatic N) is 2. The Balaban J connectivity index is 2.10. The molecule has 6 heteroatoms. The number of nitrogens with two attached hydrogens (primary N) is 1. The van der Waals surface area contributed by atoms with E-state index in [0.29, 0.717) is 12.2 Å². The zero-order valence-corrected chi connectivity index (χ0v) is 12.1. The minimum Gasteiger partial charge on any atom is -0.398 e. The first-order valence-electron chi connectivity index (χ1n) is 6.26. The molecule has 3 N–H and O–H groups in total. The summed E-state index contributed by atoms with van der Waals surface area (Å²) in [5, 5.41) is 11.5. The van der Waals surface area contributed by atoms with E-state index < -0.39 is 0 Å². The van der Waals surface area contributed by atoms with Gasteiger partial charge < -0.3 is 15.7 Å². The van der Waals surface area contributed by atoms with E-state index in [0.717, 1.165) is 16.3 Å². The zero-order chi connectivity index (χ0) is 14.5. The molecule has 5 nitrogen and oxygen atoms in total. The molecule has 0 fully saturated rings. The average molecular weight is 291 g/mol. The second kappa shape index (κ2) is 6.49. The van der Waals surface area contributed by atoms with Crippen molar-refractivity contribution >= 4 is 22.9 Å². The van der Waals surface area contributed by atoms with Crippen LogP contribution in [0, 0.1) is 0 Å². The van der Waals surface area contributed by atoms with E-state index in [1.165, 1.54) is 16.2 Å². The highest BCUT2D eigenvalue weighted by atomic mass is 32.1. The maximum Gasteiger partial charge on any atom is 0.228 e. The van der Waals surface area contributed by atoms with Gasteiger partial charge in [-0.2, -0.15) is 0 Å². The molecule has 0 unspecified atom stereocenters. The van der Waals surface area contributed by atoms with Crippen LogP contribution in [0.15, 0.2) is 29.6 Å². The molecule has 106 valence electrons. The number of carbonyl (C=O) groups is 1. The zero-order valence-electron chi connectivity index (χ0n) is 11.2. The van der Waals surface area contributed by atoms with E-state index in [1.54, 1.807) is 7.05 Å². The van der Waals surface area contributed by atoms with Crippen LogP contribution < -0.4 is 5.73 Å². The van der Waals surface area contributed by atoms with Gasteiger partial charge >= 0.3 is 0 Å². The number of hydrogen-bond donors (Lipinski definition) is 2. The van der Waals surface area contributed by atoms with Crippen molar-refractivity contribution in [2.75, 3.05) is 25.9 Å². The number of aliphatic hydroxyl groups excluding tert-OH is 1. The maximum absolute atomic E-state index is 11.9. The SMILES string of the molecule is CN(CCO)C(=O)Cc1csc(-c2ccccc2N)n1. The molecule has 1 aromatic carbocycles. The topological polar surface area (TPSA) is 79.5 Å². The van der Waals surface area contributed by atoms with Crippen LogP contribution in [0.4, 0.5) is 5.69 Å². The third-order valence-corrected chi connectivity index (χ3v) is 3.86.